The zero-order chi connectivity index (χ0) is 13.5. The first-order chi connectivity index (χ1) is 9.11. The topological polar surface area (TPSA) is 41.1 Å². The van der Waals surface area contributed by atoms with Gasteiger partial charge in [-0.25, -0.2) is 4.39 Å². The Morgan fingerprint density at radius 2 is 1.89 bits per heavy atom. The van der Waals surface area contributed by atoms with E-state index in [1.165, 1.54) is 12.5 Å². The summed E-state index contributed by atoms with van der Waals surface area (Å²) in [6.45, 7) is 2.39. The normalized spacial score (nSPS) is 21.3. The standard InChI is InChI=1S/C15H19FN2O/c1-10-7-12-13(8-11(10)16)18-14(19)15(9-17-12)5-3-2-4-6-15/h7-8,17H,2-6,9H2,1H3,(H,18,19). The maximum absolute atomic E-state index is 13.6. The SMILES string of the molecule is Cc1cc2c(cc1F)NC(=O)C1(CCCCC1)CN2. The molecule has 1 aromatic rings. The molecule has 3 rings (SSSR count). The zero-order valence-corrected chi connectivity index (χ0v) is 11.2. The fourth-order valence-electron chi connectivity index (χ4n) is 3.16. The van der Waals surface area contributed by atoms with Gasteiger partial charge in [0.15, 0.2) is 0 Å². The van der Waals surface area contributed by atoms with Crippen LogP contribution in [0.4, 0.5) is 15.8 Å². The molecule has 1 aliphatic heterocycles. The van der Waals surface area contributed by atoms with E-state index in [1.54, 1.807) is 13.0 Å². The summed E-state index contributed by atoms with van der Waals surface area (Å²) in [7, 11) is 0. The summed E-state index contributed by atoms with van der Waals surface area (Å²) in [5, 5.41) is 6.24. The second-order valence-corrected chi connectivity index (χ2v) is 5.80. The van der Waals surface area contributed by atoms with Crippen molar-refractivity contribution in [2.45, 2.75) is 39.0 Å². The smallest absolute Gasteiger partial charge is 0.232 e. The number of carbonyl (C=O) groups excluding carboxylic acids is 1. The third-order valence-electron chi connectivity index (χ3n) is 4.46. The van der Waals surface area contributed by atoms with Crippen molar-refractivity contribution in [1.82, 2.24) is 0 Å². The van der Waals surface area contributed by atoms with E-state index in [2.05, 4.69) is 10.6 Å². The summed E-state index contributed by atoms with van der Waals surface area (Å²) in [6, 6.07) is 3.18. The van der Waals surface area contributed by atoms with Crippen molar-refractivity contribution >= 4 is 17.3 Å². The van der Waals surface area contributed by atoms with Crippen molar-refractivity contribution in [3.05, 3.63) is 23.5 Å². The number of fused-ring (bicyclic) bond motifs is 1. The second kappa shape index (κ2) is 4.51. The number of aryl methyl sites for hydroxylation is 1. The molecule has 0 bridgehead atoms. The Kier molecular flexibility index (Phi) is 2.96. The van der Waals surface area contributed by atoms with Crippen LogP contribution in [0.3, 0.4) is 0 Å². The molecule has 1 aromatic carbocycles. The third-order valence-corrected chi connectivity index (χ3v) is 4.46. The van der Waals surface area contributed by atoms with Gasteiger partial charge in [0.1, 0.15) is 5.82 Å². The van der Waals surface area contributed by atoms with Crippen molar-refractivity contribution in [2.75, 3.05) is 17.2 Å². The molecule has 0 aromatic heterocycles. The van der Waals surface area contributed by atoms with E-state index >= 15 is 0 Å². The van der Waals surface area contributed by atoms with Gasteiger partial charge in [-0.3, -0.25) is 4.79 Å². The number of halogens is 1. The Hall–Kier alpha value is -1.58. The van der Waals surface area contributed by atoms with E-state index in [0.717, 1.165) is 31.4 Å². The number of hydrogen-bond donors (Lipinski definition) is 2. The molecule has 0 unspecified atom stereocenters. The van der Waals surface area contributed by atoms with Crippen LogP contribution in [0.15, 0.2) is 12.1 Å². The Bertz CT molecular complexity index is 521. The number of amides is 1. The van der Waals surface area contributed by atoms with Gasteiger partial charge in [0.2, 0.25) is 5.91 Å². The first-order valence-electron chi connectivity index (χ1n) is 6.96. The van der Waals surface area contributed by atoms with Crippen LogP contribution in [0.25, 0.3) is 0 Å². The lowest BCUT2D eigenvalue weighted by atomic mass is 9.73. The third kappa shape index (κ3) is 2.09. The van der Waals surface area contributed by atoms with Crippen molar-refractivity contribution in [2.24, 2.45) is 5.41 Å². The number of benzene rings is 1. The van der Waals surface area contributed by atoms with E-state index in [1.807, 2.05) is 0 Å². The quantitative estimate of drug-likeness (QED) is 0.752. The molecule has 0 radical (unpaired) electrons. The zero-order valence-electron chi connectivity index (χ0n) is 11.2. The molecule has 1 saturated carbocycles. The molecule has 1 aliphatic carbocycles. The fraction of sp³-hybridized carbons (Fsp3) is 0.533. The van der Waals surface area contributed by atoms with E-state index in [4.69, 9.17) is 0 Å². The van der Waals surface area contributed by atoms with Crippen LogP contribution >= 0.6 is 0 Å². The molecule has 1 heterocycles. The lowest BCUT2D eigenvalue weighted by Gasteiger charge is -2.34. The number of rotatable bonds is 0. The highest BCUT2D eigenvalue weighted by atomic mass is 19.1. The van der Waals surface area contributed by atoms with Gasteiger partial charge < -0.3 is 10.6 Å². The fourth-order valence-corrected chi connectivity index (χ4v) is 3.16. The van der Waals surface area contributed by atoms with Crippen LogP contribution in [0.1, 0.15) is 37.7 Å². The Morgan fingerprint density at radius 3 is 2.63 bits per heavy atom. The first-order valence-corrected chi connectivity index (χ1v) is 6.96. The molecule has 4 heteroatoms. The second-order valence-electron chi connectivity index (χ2n) is 5.80. The Labute approximate surface area is 112 Å². The number of hydrogen-bond acceptors (Lipinski definition) is 2. The number of nitrogens with one attached hydrogen (secondary N) is 2. The molecule has 2 N–H and O–H groups in total. The van der Waals surface area contributed by atoms with Crippen LogP contribution in [0, 0.1) is 18.2 Å². The monoisotopic (exact) mass is 262 g/mol. The van der Waals surface area contributed by atoms with Gasteiger partial charge in [0.05, 0.1) is 16.8 Å². The summed E-state index contributed by atoms with van der Waals surface area (Å²) in [5.74, 6) is -0.234. The van der Waals surface area contributed by atoms with Crippen LogP contribution in [0.2, 0.25) is 0 Å². The molecular weight excluding hydrogens is 243 g/mol. The van der Waals surface area contributed by atoms with E-state index in [0.29, 0.717) is 17.8 Å². The van der Waals surface area contributed by atoms with Gasteiger partial charge >= 0.3 is 0 Å². The van der Waals surface area contributed by atoms with Gasteiger partial charge in [0.25, 0.3) is 0 Å². The first kappa shape index (κ1) is 12.5. The van der Waals surface area contributed by atoms with Crippen molar-refractivity contribution in [1.29, 1.82) is 0 Å². The molecule has 1 fully saturated rings. The number of anilines is 2. The summed E-state index contributed by atoms with van der Waals surface area (Å²) < 4.78 is 13.6. The maximum Gasteiger partial charge on any atom is 0.232 e. The lowest BCUT2D eigenvalue weighted by Crippen LogP contribution is -2.41. The summed E-state index contributed by atoms with van der Waals surface area (Å²) in [5.41, 5.74) is 1.67. The van der Waals surface area contributed by atoms with Gasteiger partial charge in [0, 0.05) is 6.54 Å². The van der Waals surface area contributed by atoms with Crippen LogP contribution in [0.5, 0.6) is 0 Å². The lowest BCUT2D eigenvalue weighted by molar-refractivity contribution is -0.126. The molecule has 0 saturated heterocycles. The summed E-state index contributed by atoms with van der Waals surface area (Å²) in [6.07, 6.45) is 5.23. The highest BCUT2D eigenvalue weighted by molar-refractivity contribution is 6.00. The molecule has 19 heavy (non-hydrogen) atoms. The molecule has 1 amide bonds. The van der Waals surface area contributed by atoms with E-state index in [-0.39, 0.29) is 17.1 Å². The van der Waals surface area contributed by atoms with Gasteiger partial charge in [-0.05, 0) is 37.5 Å². The molecule has 102 valence electrons. The highest BCUT2D eigenvalue weighted by Gasteiger charge is 2.41. The van der Waals surface area contributed by atoms with Gasteiger partial charge in [-0.2, -0.15) is 0 Å². The van der Waals surface area contributed by atoms with Crippen molar-refractivity contribution < 1.29 is 9.18 Å². The van der Waals surface area contributed by atoms with Crippen molar-refractivity contribution in [3.63, 3.8) is 0 Å². The van der Waals surface area contributed by atoms with Crippen LogP contribution in [-0.2, 0) is 4.79 Å². The predicted molar refractivity (Wildman–Crippen MR) is 73.8 cm³/mol. The number of carbonyl (C=O) groups is 1. The molecular formula is C15H19FN2O. The molecule has 0 atom stereocenters. The van der Waals surface area contributed by atoms with E-state index in [9.17, 15) is 9.18 Å². The van der Waals surface area contributed by atoms with Gasteiger partial charge in [-0.1, -0.05) is 19.3 Å². The van der Waals surface area contributed by atoms with Crippen molar-refractivity contribution in [3.8, 4) is 0 Å². The minimum atomic E-state index is -0.318. The van der Waals surface area contributed by atoms with Gasteiger partial charge in [-0.15, -0.1) is 0 Å². The largest absolute Gasteiger partial charge is 0.382 e. The molecule has 3 nitrogen and oxygen atoms in total. The molecule has 2 aliphatic rings. The highest BCUT2D eigenvalue weighted by Crippen LogP contribution is 2.41. The summed E-state index contributed by atoms with van der Waals surface area (Å²) in [4.78, 5) is 12.5. The minimum Gasteiger partial charge on any atom is -0.382 e. The van der Waals surface area contributed by atoms with Crippen LogP contribution < -0.4 is 10.6 Å². The Balaban J connectivity index is 1.95. The summed E-state index contributed by atoms with van der Waals surface area (Å²) >= 11 is 0. The average Bonchev–Trinajstić information content (AvgIpc) is 2.52. The van der Waals surface area contributed by atoms with Crippen LogP contribution in [-0.4, -0.2) is 12.5 Å². The Morgan fingerprint density at radius 1 is 1.16 bits per heavy atom. The minimum absolute atomic E-state index is 0.0432. The predicted octanol–water partition coefficient (Wildman–Crippen LogP) is 3.45. The molecule has 1 spiro atoms. The average molecular weight is 262 g/mol. The maximum atomic E-state index is 13.6. The van der Waals surface area contributed by atoms with E-state index < -0.39 is 0 Å².